The third-order valence-electron chi connectivity index (χ3n) is 4.22. The number of nitrogens with two attached hydrogens (primary N) is 1. The van der Waals surface area contributed by atoms with Gasteiger partial charge in [0.25, 0.3) is 0 Å². The Morgan fingerprint density at radius 1 is 1.26 bits per heavy atom. The highest BCUT2D eigenvalue weighted by molar-refractivity contribution is 5.81. The van der Waals surface area contributed by atoms with Crippen molar-refractivity contribution in [2.45, 2.75) is 33.3 Å². The van der Waals surface area contributed by atoms with Crippen LogP contribution in [0.25, 0.3) is 0 Å². The van der Waals surface area contributed by atoms with Crippen molar-refractivity contribution in [2.75, 3.05) is 0 Å². The van der Waals surface area contributed by atoms with E-state index >= 15 is 0 Å². The van der Waals surface area contributed by atoms with E-state index in [1.54, 1.807) is 20.0 Å². The average molecular weight is 366 g/mol. The van der Waals surface area contributed by atoms with Crippen LogP contribution in [0.2, 0.25) is 0 Å². The second-order valence-electron chi connectivity index (χ2n) is 6.79. The zero-order valence-electron chi connectivity index (χ0n) is 16.0. The van der Waals surface area contributed by atoms with Gasteiger partial charge in [-0.05, 0) is 38.5 Å². The summed E-state index contributed by atoms with van der Waals surface area (Å²) in [7, 11) is 0. The fourth-order valence-corrected chi connectivity index (χ4v) is 2.54. The number of ether oxygens (including phenoxy) is 1. The summed E-state index contributed by atoms with van der Waals surface area (Å²) in [6.07, 6.45) is 13.0. The van der Waals surface area contributed by atoms with Crippen molar-refractivity contribution in [3.8, 4) is 5.75 Å². The van der Waals surface area contributed by atoms with Gasteiger partial charge >= 0.3 is 0 Å². The molecule has 2 aromatic rings. The van der Waals surface area contributed by atoms with Gasteiger partial charge in [0.1, 0.15) is 17.6 Å². The number of primary amides is 1. The van der Waals surface area contributed by atoms with Gasteiger partial charge in [-0.15, -0.1) is 0 Å². The highest BCUT2D eigenvalue weighted by Gasteiger charge is 2.38. The Morgan fingerprint density at radius 2 is 2.00 bits per heavy atom. The molecule has 5 nitrogen and oxygen atoms in total. The maximum Gasteiger partial charge on any atom is 0.227 e. The molecule has 0 spiro atoms. The number of amides is 1. The number of carbonyl (C=O) groups excluding carboxylic acids is 1. The number of aromatic nitrogens is 1. The molecule has 1 aromatic heterocycles. The smallest absolute Gasteiger partial charge is 0.227 e. The average Bonchev–Trinajstić information content (AvgIpc) is 3.16. The molecule has 27 heavy (non-hydrogen) atoms. The molecular formula is C22H26N2O3. The van der Waals surface area contributed by atoms with E-state index in [0.717, 1.165) is 11.3 Å². The molecule has 1 atom stereocenters. The predicted molar refractivity (Wildman–Crippen MR) is 106 cm³/mol. The Hall–Kier alpha value is -3.08. The van der Waals surface area contributed by atoms with Gasteiger partial charge in [0.05, 0.1) is 11.6 Å². The van der Waals surface area contributed by atoms with Crippen molar-refractivity contribution in [2.24, 2.45) is 11.1 Å². The molecule has 0 saturated heterocycles. The zero-order chi connectivity index (χ0) is 19.7. The van der Waals surface area contributed by atoms with Crippen molar-refractivity contribution in [3.63, 3.8) is 0 Å². The number of carbonyl (C=O) groups is 1. The van der Waals surface area contributed by atoms with Gasteiger partial charge in [-0.3, -0.25) is 4.79 Å². The molecule has 0 bridgehead atoms. The quantitative estimate of drug-likeness (QED) is 0.674. The van der Waals surface area contributed by atoms with E-state index in [2.05, 4.69) is 4.98 Å². The number of nitrogens with zero attached hydrogens (tertiary/aromatic N) is 1. The summed E-state index contributed by atoms with van der Waals surface area (Å²) in [6, 6.07) is 9.42. The van der Waals surface area contributed by atoms with Crippen LogP contribution in [0.3, 0.4) is 0 Å². The van der Waals surface area contributed by atoms with E-state index in [9.17, 15) is 4.79 Å². The summed E-state index contributed by atoms with van der Waals surface area (Å²) in [4.78, 5) is 15.8. The third kappa shape index (κ3) is 5.99. The first-order valence-electron chi connectivity index (χ1n) is 8.80. The number of rotatable bonds is 9. The molecule has 0 radical (unpaired) electrons. The van der Waals surface area contributed by atoms with E-state index in [4.69, 9.17) is 14.9 Å². The Labute approximate surface area is 160 Å². The maximum absolute atomic E-state index is 12.0. The molecule has 0 fully saturated rings. The fraction of sp³-hybridized carbons (Fsp3) is 0.273. The number of para-hydroxylation sites is 1. The van der Waals surface area contributed by atoms with Crippen molar-refractivity contribution < 1.29 is 13.9 Å². The molecule has 2 N–H and O–H groups in total. The molecule has 2 rings (SSSR count). The molecule has 0 aliphatic rings. The summed E-state index contributed by atoms with van der Waals surface area (Å²) in [5.74, 6) is 1.10. The molecule has 1 aromatic carbocycles. The second kappa shape index (κ2) is 9.57. The lowest BCUT2D eigenvalue weighted by Gasteiger charge is -2.32. The molecular weight excluding hydrogens is 340 g/mol. The molecule has 0 saturated carbocycles. The number of allylic oxidation sites excluding steroid dienone is 5. The maximum atomic E-state index is 12.0. The van der Waals surface area contributed by atoms with Gasteiger partial charge in [0, 0.05) is 6.42 Å². The minimum atomic E-state index is -0.855. The summed E-state index contributed by atoms with van der Waals surface area (Å²) < 4.78 is 11.3. The van der Waals surface area contributed by atoms with Crippen molar-refractivity contribution in [1.82, 2.24) is 4.98 Å². The second-order valence-corrected chi connectivity index (χ2v) is 6.79. The fourth-order valence-electron chi connectivity index (χ4n) is 2.54. The lowest BCUT2D eigenvalue weighted by molar-refractivity contribution is -0.129. The van der Waals surface area contributed by atoms with Crippen LogP contribution in [0, 0.1) is 5.41 Å². The van der Waals surface area contributed by atoms with Crippen LogP contribution in [0.5, 0.6) is 5.75 Å². The number of hydrogen-bond acceptors (Lipinski definition) is 4. The Morgan fingerprint density at radius 3 is 2.63 bits per heavy atom. The molecule has 0 aliphatic heterocycles. The Bertz CT molecular complexity index is 803. The van der Waals surface area contributed by atoms with Crippen molar-refractivity contribution >= 4 is 5.91 Å². The molecule has 1 heterocycles. The largest absolute Gasteiger partial charge is 0.485 e. The lowest BCUT2D eigenvalue weighted by Crippen LogP contribution is -2.45. The van der Waals surface area contributed by atoms with Gasteiger partial charge < -0.3 is 14.9 Å². The standard InChI is InChI=1S/C22H26N2O3/c1-17(11-7-4-5-8-14-19-15-24-16-26-19)20(22(2,3)21(23)25)27-18-12-9-6-10-13-18/h4-13,15-16,20H,14H2,1-3H3,(H2,23,25)/b7-4-,8-5+,17-11-. The van der Waals surface area contributed by atoms with Crippen LogP contribution in [0.1, 0.15) is 26.5 Å². The molecule has 1 amide bonds. The first-order chi connectivity index (χ1) is 12.9. The monoisotopic (exact) mass is 366 g/mol. The van der Waals surface area contributed by atoms with E-state index in [1.807, 2.05) is 67.6 Å². The van der Waals surface area contributed by atoms with Gasteiger partial charge in [-0.25, -0.2) is 4.98 Å². The van der Waals surface area contributed by atoms with Crippen LogP contribution in [-0.2, 0) is 11.2 Å². The van der Waals surface area contributed by atoms with Crippen LogP contribution in [0.4, 0.5) is 0 Å². The third-order valence-corrected chi connectivity index (χ3v) is 4.22. The lowest BCUT2D eigenvalue weighted by atomic mass is 9.81. The minimum absolute atomic E-state index is 0.410. The van der Waals surface area contributed by atoms with E-state index < -0.39 is 17.4 Å². The minimum Gasteiger partial charge on any atom is -0.485 e. The SMILES string of the molecule is C/C(=C/C=C\C=C\Cc1cnco1)C(Oc1ccccc1)C(C)(C)C(N)=O. The van der Waals surface area contributed by atoms with Gasteiger partial charge in [-0.1, -0.05) is 48.6 Å². The van der Waals surface area contributed by atoms with Crippen molar-refractivity contribution in [1.29, 1.82) is 0 Å². The summed E-state index contributed by atoms with van der Waals surface area (Å²) in [6.45, 7) is 5.52. The molecule has 0 aliphatic carbocycles. The number of oxazole rings is 1. The van der Waals surface area contributed by atoms with Gasteiger partial charge in [-0.2, -0.15) is 0 Å². The van der Waals surface area contributed by atoms with Crippen molar-refractivity contribution in [3.05, 3.63) is 84.6 Å². The molecule has 5 heteroatoms. The predicted octanol–water partition coefficient (Wildman–Crippen LogP) is 4.23. The van der Waals surface area contributed by atoms with Gasteiger partial charge in [0.2, 0.25) is 5.91 Å². The number of benzene rings is 1. The van der Waals surface area contributed by atoms with E-state index in [-0.39, 0.29) is 0 Å². The highest BCUT2D eigenvalue weighted by Crippen LogP contribution is 2.30. The first-order valence-corrected chi connectivity index (χ1v) is 8.80. The van der Waals surface area contributed by atoms with Crippen LogP contribution < -0.4 is 10.5 Å². The van der Waals surface area contributed by atoms with Gasteiger partial charge in [0.15, 0.2) is 6.39 Å². The highest BCUT2D eigenvalue weighted by atomic mass is 16.5. The van der Waals surface area contributed by atoms with Crippen LogP contribution in [0.15, 0.2) is 83.3 Å². The molecule has 142 valence electrons. The van der Waals surface area contributed by atoms with E-state index in [0.29, 0.717) is 12.2 Å². The normalized spacial score (nSPS) is 14.0. The zero-order valence-corrected chi connectivity index (χ0v) is 16.0. The Kier molecular flexibility index (Phi) is 7.17. The topological polar surface area (TPSA) is 78.3 Å². The summed E-state index contributed by atoms with van der Waals surface area (Å²) in [5, 5.41) is 0. The Balaban J connectivity index is 2.08. The number of hydrogen-bond donors (Lipinski definition) is 1. The summed E-state index contributed by atoms with van der Waals surface area (Å²) in [5.41, 5.74) is 5.66. The van der Waals surface area contributed by atoms with Crippen LogP contribution in [-0.4, -0.2) is 17.0 Å². The molecule has 1 unspecified atom stereocenters. The van der Waals surface area contributed by atoms with Crippen LogP contribution >= 0.6 is 0 Å². The first kappa shape index (κ1) is 20.2. The van der Waals surface area contributed by atoms with E-state index in [1.165, 1.54) is 6.39 Å². The summed E-state index contributed by atoms with van der Waals surface area (Å²) >= 11 is 0.